The smallest absolute Gasteiger partial charge is 0.398 e. The van der Waals surface area contributed by atoms with Crippen LogP contribution in [0.4, 0.5) is 24.5 Å². The van der Waals surface area contributed by atoms with Crippen LogP contribution >= 0.6 is 11.8 Å². The normalized spacial score (nSPS) is 13.0. The summed E-state index contributed by atoms with van der Waals surface area (Å²) in [5.41, 5.74) is 3.81. The fourth-order valence-corrected chi connectivity index (χ4v) is 2.17. The van der Waals surface area contributed by atoms with Crippen LogP contribution in [0.3, 0.4) is 0 Å². The van der Waals surface area contributed by atoms with E-state index in [1.807, 2.05) is 0 Å². The number of nitrogen functional groups attached to an aromatic ring is 1. The zero-order valence-corrected chi connectivity index (χ0v) is 11.7. The van der Waals surface area contributed by atoms with E-state index in [0.29, 0.717) is 0 Å². The van der Waals surface area contributed by atoms with E-state index in [9.17, 15) is 18.0 Å². The average molecular weight is 324 g/mol. The number of aliphatic hydroxyl groups is 2. The van der Waals surface area contributed by atoms with Gasteiger partial charge in [-0.1, -0.05) is 0 Å². The first-order valence-electron chi connectivity index (χ1n) is 5.87. The molecule has 1 aromatic rings. The van der Waals surface area contributed by atoms with Gasteiger partial charge in [0.05, 0.1) is 24.0 Å². The largest absolute Gasteiger partial charge is 0.418 e. The van der Waals surface area contributed by atoms with Crippen LogP contribution in [0.2, 0.25) is 0 Å². The molecule has 0 aliphatic heterocycles. The van der Waals surface area contributed by atoms with Crippen LogP contribution in [0.5, 0.6) is 0 Å². The second-order valence-corrected chi connectivity index (χ2v) is 5.23. The minimum atomic E-state index is -4.59. The first-order valence-corrected chi connectivity index (χ1v) is 7.02. The molecular weight excluding hydrogens is 309 g/mol. The highest BCUT2D eigenvalue weighted by Crippen LogP contribution is 2.35. The van der Waals surface area contributed by atoms with Crippen LogP contribution in [0.25, 0.3) is 0 Å². The van der Waals surface area contributed by atoms with E-state index < -0.39 is 36.0 Å². The van der Waals surface area contributed by atoms with Crippen molar-refractivity contribution in [1.82, 2.24) is 0 Å². The standard InChI is InChI=1S/C12H15F3N2O3S/c13-12(14,15)9-3-7(1-2-10(9)16)17-11(20)6-21-5-8(19)4-18/h1-3,8,18-19H,4-6,16H2,(H,17,20). The molecule has 0 saturated carbocycles. The first-order chi connectivity index (χ1) is 9.74. The minimum absolute atomic E-state index is 0.00942. The van der Waals surface area contributed by atoms with Crippen LogP contribution in [-0.2, 0) is 11.0 Å². The third-order valence-electron chi connectivity index (χ3n) is 2.40. The molecule has 1 rings (SSSR count). The van der Waals surface area contributed by atoms with Gasteiger partial charge in [-0.2, -0.15) is 13.2 Å². The van der Waals surface area contributed by atoms with E-state index in [-0.39, 0.29) is 17.2 Å². The van der Waals surface area contributed by atoms with E-state index in [1.165, 1.54) is 6.07 Å². The Kier molecular flexibility index (Phi) is 6.31. The lowest BCUT2D eigenvalue weighted by molar-refractivity contribution is -0.136. The molecule has 1 atom stereocenters. The number of thioether (sulfide) groups is 1. The molecule has 5 nitrogen and oxygen atoms in total. The first kappa shape index (κ1) is 17.6. The van der Waals surface area contributed by atoms with E-state index >= 15 is 0 Å². The summed E-state index contributed by atoms with van der Waals surface area (Å²) < 4.78 is 37.9. The molecule has 0 bridgehead atoms. The van der Waals surface area contributed by atoms with Crippen molar-refractivity contribution in [1.29, 1.82) is 0 Å². The lowest BCUT2D eigenvalue weighted by Gasteiger charge is -2.12. The number of aliphatic hydroxyl groups excluding tert-OH is 2. The maximum atomic E-state index is 12.6. The zero-order valence-electron chi connectivity index (χ0n) is 10.9. The second-order valence-electron chi connectivity index (χ2n) is 4.20. The summed E-state index contributed by atoms with van der Waals surface area (Å²) >= 11 is 1.06. The fraction of sp³-hybridized carbons (Fsp3) is 0.417. The Morgan fingerprint density at radius 3 is 2.67 bits per heavy atom. The fourth-order valence-electron chi connectivity index (χ4n) is 1.42. The van der Waals surface area contributed by atoms with Crippen molar-refractivity contribution in [3.05, 3.63) is 23.8 Å². The lowest BCUT2D eigenvalue weighted by Crippen LogP contribution is -2.19. The summed E-state index contributed by atoms with van der Waals surface area (Å²) in [6.45, 7) is -0.415. The van der Waals surface area contributed by atoms with Crippen molar-refractivity contribution in [2.24, 2.45) is 0 Å². The zero-order chi connectivity index (χ0) is 16.0. The van der Waals surface area contributed by atoms with Gasteiger partial charge in [0, 0.05) is 17.1 Å². The molecule has 0 aliphatic carbocycles. The molecule has 1 unspecified atom stereocenters. The highest BCUT2D eigenvalue weighted by molar-refractivity contribution is 8.00. The molecule has 118 valence electrons. The quantitative estimate of drug-likeness (QED) is 0.592. The number of hydrogen-bond donors (Lipinski definition) is 4. The summed E-state index contributed by atoms with van der Waals surface area (Å²) in [7, 11) is 0. The van der Waals surface area contributed by atoms with Gasteiger partial charge in [-0.05, 0) is 18.2 Å². The highest BCUT2D eigenvalue weighted by atomic mass is 32.2. The van der Waals surface area contributed by atoms with Gasteiger partial charge in [0.15, 0.2) is 0 Å². The molecule has 0 radical (unpaired) electrons. The number of anilines is 2. The lowest BCUT2D eigenvalue weighted by atomic mass is 10.1. The van der Waals surface area contributed by atoms with Crippen molar-refractivity contribution in [2.45, 2.75) is 12.3 Å². The number of benzene rings is 1. The van der Waals surface area contributed by atoms with Gasteiger partial charge in [0.25, 0.3) is 0 Å². The molecule has 5 N–H and O–H groups in total. The SMILES string of the molecule is Nc1ccc(NC(=O)CSCC(O)CO)cc1C(F)(F)F. The maximum absolute atomic E-state index is 12.6. The molecule has 1 aromatic carbocycles. The molecule has 0 heterocycles. The monoisotopic (exact) mass is 324 g/mol. The second kappa shape index (κ2) is 7.53. The van der Waals surface area contributed by atoms with Crippen molar-refractivity contribution >= 4 is 29.0 Å². The van der Waals surface area contributed by atoms with Gasteiger partial charge in [-0.15, -0.1) is 11.8 Å². The Morgan fingerprint density at radius 2 is 2.10 bits per heavy atom. The predicted molar refractivity (Wildman–Crippen MR) is 74.9 cm³/mol. The molecule has 0 spiro atoms. The summed E-state index contributed by atoms with van der Waals surface area (Å²) in [6, 6.07) is 3.11. The van der Waals surface area contributed by atoms with Gasteiger partial charge in [-0.25, -0.2) is 0 Å². The molecule has 0 aromatic heterocycles. The number of carbonyl (C=O) groups excluding carboxylic acids is 1. The third kappa shape index (κ3) is 5.82. The van der Waals surface area contributed by atoms with E-state index in [4.69, 9.17) is 15.9 Å². The van der Waals surface area contributed by atoms with E-state index in [0.717, 1.165) is 23.9 Å². The van der Waals surface area contributed by atoms with Crippen molar-refractivity contribution in [2.75, 3.05) is 29.2 Å². The number of nitrogens with two attached hydrogens (primary N) is 1. The van der Waals surface area contributed by atoms with Gasteiger partial charge in [0.2, 0.25) is 5.91 Å². The van der Waals surface area contributed by atoms with Crippen molar-refractivity contribution < 1.29 is 28.2 Å². The van der Waals surface area contributed by atoms with Crippen LogP contribution < -0.4 is 11.1 Å². The number of rotatable bonds is 6. The number of amides is 1. The van der Waals surface area contributed by atoms with Crippen LogP contribution in [0.1, 0.15) is 5.56 Å². The number of carbonyl (C=O) groups is 1. The Balaban J connectivity index is 2.61. The number of hydrogen-bond acceptors (Lipinski definition) is 5. The summed E-state index contributed by atoms with van der Waals surface area (Å²) in [5.74, 6) is -0.412. The summed E-state index contributed by atoms with van der Waals surface area (Å²) in [6.07, 6.45) is -5.53. The van der Waals surface area contributed by atoms with Gasteiger partial charge >= 0.3 is 6.18 Å². The molecule has 1 amide bonds. The van der Waals surface area contributed by atoms with Gasteiger partial charge in [-0.3, -0.25) is 4.79 Å². The van der Waals surface area contributed by atoms with Crippen molar-refractivity contribution in [3.8, 4) is 0 Å². The Bertz CT molecular complexity index is 497. The van der Waals surface area contributed by atoms with Crippen LogP contribution in [0.15, 0.2) is 18.2 Å². The molecule has 0 saturated heterocycles. The van der Waals surface area contributed by atoms with E-state index in [2.05, 4.69) is 5.32 Å². The van der Waals surface area contributed by atoms with Crippen LogP contribution in [0, 0.1) is 0 Å². The van der Waals surface area contributed by atoms with Gasteiger partial charge < -0.3 is 21.3 Å². The predicted octanol–water partition coefficient (Wildman–Crippen LogP) is 1.31. The minimum Gasteiger partial charge on any atom is -0.398 e. The van der Waals surface area contributed by atoms with Crippen LogP contribution in [-0.4, -0.2) is 40.3 Å². The van der Waals surface area contributed by atoms with E-state index in [1.54, 1.807) is 0 Å². The maximum Gasteiger partial charge on any atom is 0.418 e. The highest BCUT2D eigenvalue weighted by Gasteiger charge is 2.33. The number of alkyl halides is 3. The summed E-state index contributed by atoms with van der Waals surface area (Å²) in [5, 5.41) is 20.0. The molecule has 9 heteroatoms. The molecule has 21 heavy (non-hydrogen) atoms. The number of halogens is 3. The summed E-state index contributed by atoms with van der Waals surface area (Å²) in [4.78, 5) is 11.5. The molecule has 0 aliphatic rings. The number of nitrogens with one attached hydrogen (secondary N) is 1. The Hall–Kier alpha value is -1.45. The van der Waals surface area contributed by atoms with Gasteiger partial charge in [0.1, 0.15) is 0 Å². The Morgan fingerprint density at radius 1 is 1.43 bits per heavy atom. The Labute approximate surface area is 123 Å². The third-order valence-corrected chi connectivity index (χ3v) is 3.48. The van der Waals surface area contributed by atoms with Crippen molar-refractivity contribution in [3.63, 3.8) is 0 Å². The average Bonchev–Trinajstić information content (AvgIpc) is 2.39. The molecule has 0 fully saturated rings. The molecular formula is C12H15F3N2O3S. The topological polar surface area (TPSA) is 95.6 Å².